The molecule has 0 unspecified atom stereocenters. The Morgan fingerprint density at radius 1 is 1.29 bits per heavy atom. The van der Waals surface area contributed by atoms with Crippen molar-refractivity contribution in [2.75, 3.05) is 13.7 Å². The zero-order chi connectivity index (χ0) is 21.1. The fourth-order valence-corrected chi connectivity index (χ4v) is 4.12. The summed E-state index contributed by atoms with van der Waals surface area (Å²) in [6.07, 6.45) is -1.76. The smallest absolute Gasteiger partial charge is 0.252 e. The molecule has 2 fully saturated rings. The predicted octanol–water partition coefficient (Wildman–Crippen LogP) is -0.0587. The van der Waals surface area contributed by atoms with Crippen LogP contribution in [0.4, 0.5) is 0 Å². The van der Waals surface area contributed by atoms with E-state index in [2.05, 4.69) is 31.4 Å². The molecule has 7 atom stereocenters. The molecule has 0 radical (unpaired) electrons. The molecule has 28 heavy (non-hydrogen) atoms. The van der Waals surface area contributed by atoms with Crippen LogP contribution >= 0.6 is 0 Å². The van der Waals surface area contributed by atoms with Gasteiger partial charge in [-0.15, -0.1) is 0 Å². The Bertz CT molecular complexity index is 555. The van der Waals surface area contributed by atoms with E-state index in [0.29, 0.717) is 13.0 Å². The normalized spacial score (nSPS) is 29.8. The van der Waals surface area contributed by atoms with Gasteiger partial charge in [0.05, 0.1) is 6.10 Å². The molecule has 1 saturated carbocycles. The third-order valence-corrected chi connectivity index (χ3v) is 6.57. The van der Waals surface area contributed by atoms with Crippen LogP contribution in [0.5, 0.6) is 0 Å². The van der Waals surface area contributed by atoms with Crippen LogP contribution in [-0.4, -0.2) is 71.2 Å². The summed E-state index contributed by atoms with van der Waals surface area (Å²) < 4.78 is 5.10. The molecule has 2 aliphatic rings. The van der Waals surface area contributed by atoms with Crippen molar-refractivity contribution in [3.63, 3.8) is 0 Å². The molecule has 5 N–H and O–H groups in total. The third-order valence-electron chi connectivity index (χ3n) is 6.57. The monoisotopic (exact) mass is 400 g/mol. The first-order valence-corrected chi connectivity index (χ1v) is 10.3. The minimum atomic E-state index is -1.60. The lowest BCUT2D eigenvalue weighted by Gasteiger charge is -2.30. The number of hydrogen-bond acceptors (Lipinski definition) is 6. The van der Waals surface area contributed by atoms with Crippen molar-refractivity contribution in [2.24, 2.45) is 17.3 Å². The Labute approximate surface area is 167 Å². The predicted molar refractivity (Wildman–Crippen MR) is 103 cm³/mol. The molecule has 1 heterocycles. The number of rotatable bonds is 9. The molecule has 8 nitrogen and oxygen atoms in total. The van der Waals surface area contributed by atoms with E-state index in [9.17, 15) is 24.9 Å². The molecule has 1 aliphatic carbocycles. The van der Waals surface area contributed by atoms with Gasteiger partial charge in [0.25, 0.3) is 5.91 Å². The number of nitrogens with one attached hydrogen (secondary N) is 2. The maximum absolute atomic E-state index is 12.6. The van der Waals surface area contributed by atoms with Crippen LogP contribution in [0.2, 0.25) is 0 Å². The van der Waals surface area contributed by atoms with Crippen LogP contribution in [0, 0.1) is 17.3 Å². The summed E-state index contributed by atoms with van der Waals surface area (Å²) in [6, 6.07) is -0.694. The Hall–Kier alpha value is -1.22. The number of aliphatic hydroxyl groups is 3. The largest absolute Gasteiger partial charge is 0.390 e. The number of carbonyl (C=O) groups excluding carboxylic acids is 2. The van der Waals surface area contributed by atoms with Crippen molar-refractivity contribution in [1.29, 1.82) is 0 Å². The second-order valence-corrected chi connectivity index (χ2v) is 8.82. The van der Waals surface area contributed by atoms with Crippen molar-refractivity contribution < 1.29 is 29.6 Å². The first kappa shape index (κ1) is 23.1. The Morgan fingerprint density at radius 2 is 1.96 bits per heavy atom. The van der Waals surface area contributed by atoms with Crippen molar-refractivity contribution >= 4 is 11.8 Å². The van der Waals surface area contributed by atoms with Crippen LogP contribution in [0.3, 0.4) is 0 Å². The summed E-state index contributed by atoms with van der Waals surface area (Å²) in [5.74, 6) is -0.797. The minimum absolute atomic E-state index is 0.0429. The van der Waals surface area contributed by atoms with E-state index < -0.39 is 36.4 Å². The van der Waals surface area contributed by atoms with Crippen LogP contribution in [0.25, 0.3) is 0 Å². The summed E-state index contributed by atoms with van der Waals surface area (Å²) in [5.41, 5.74) is 0.0429. The van der Waals surface area contributed by atoms with Crippen molar-refractivity contribution in [1.82, 2.24) is 10.6 Å². The zero-order valence-electron chi connectivity index (χ0n) is 17.4. The van der Waals surface area contributed by atoms with E-state index in [-0.39, 0.29) is 23.2 Å². The van der Waals surface area contributed by atoms with Gasteiger partial charge < -0.3 is 30.7 Å². The molecule has 0 bridgehead atoms. The molecular weight excluding hydrogens is 364 g/mol. The van der Waals surface area contributed by atoms with Crippen LogP contribution in [-0.2, 0) is 14.3 Å². The lowest BCUT2D eigenvalue weighted by Crippen LogP contribution is -2.55. The van der Waals surface area contributed by atoms with Crippen molar-refractivity contribution in [2.45, 2.75) is 83.3 Å². The number of carbonyl (C=O) groups is 2. The van der Waals surface area contributed by atoms with Crippen molar-refractivity contribution in [3.05, 3.63) is 0 Å². The first-order valence-electron chi connectivity index (χ1n) is 10.3. The Balaban J connectivity index is 1.96. The molecule has 1 saturated heterocycles. The lowest BCUT2D eigenvalue weighted by atomic mass is 9.82. The zero-order valence-corrected chi connectivity index (χ0v) is 17.4. The summed E-state index contributed by atoms with van der Waals surface area (Å²) >= 11 is 0. The van der Waals surface area contributed by atoms with Gasteiger partial charge in [-0.25, -0.2) is 0 Å². The molecule has 1 aliphatic heterocycles. The second kappa shape index (κ2) is 9.52. The van der Waals surface area contributed by atoms with E-state index in [1.54, 1.807) is 0 Å². The standard InChI is InChI=1S/C20H36N2O6/c1-5-20(2,3)12-10-11(12)14(23)15(24)16(25)17(28-4)19(27)22-13-8-6-7-9-21-18(13)26/h11-17,23-25H,5-10H2,1-4H3,(H,21,26)(H,22,27)/t11-,12-,13-,14+,15-,16+,17+/m0/s1. The number of amides is 2. The minimum Gasteiger partial charge on any atom is -0.390 e. The van der Waals surface area contributed by atoms with E-state index >= 15 is 0 Å². The molecule has 8 heteroatoms. The Kier molecular flexibility index (Phi) is 7.84. The van der Waals surface area contributed by atoms with Crippen molar-refractivity contribution in [3.8, 4) is 0 Å². The molecule has 0 aromatic rings. The first-order chi connectivity index (χ1) is 13.1. The number of methoxy groups -OCH3 is 1. The molecule has 0 spiro atoms. The second-order valence-electron chi connectivity index (χ2n) is 8.82. The van der Waals surface area contributed by atoms with E-state index in [4.69, 9.17) is 4.74 Å². The van der Waals surface area contributed by atoms with E-state index in [1.165, 1.54) is 7.11 Å². The van der Waals surface area contributed by atoms with Gasteiger partial charge in [-0.3, -0.25) is 9.59 Å². The fraction of sp³-hybridized carbons (Fsp3) is 0.900. The van der Waals surface area contributed by atoms with E-state index in [0.717, 1.165) is 25.7 Å². The molecular formula is C20H36N2O6. The quantitative estimate of drug-likeness (QED) is 0.369. The highest BCUT2D eigenvalue weighted by Gasteiger charge is 2.53. The highest BCUT2D eigenvalue weighted by Crippen LogP contribution is 2.54. The van der Waals surface area contributed by atoms with Gasteiger partial charge >= 0.3 is 0 Å². The molecule has 162 valence electrons. The number of ether oxygens (including phenoxy) is 1. The van der Waals surface area contributed by atoms with Gasteiger partial charge in [0.1, 0.15) is 18.2 Å². The number of aliphatic hydroxyl groups excluding tert-OH is 3. The average molecular weight is 401 g/mol. The summed E-state index contributed by atoms with van der Waals surface area (Å²) in [5, 5.41) is 36.8. The highest BCUT2D eigenvalue weighted by atomic mass is 16.5. The molecule has 0 aromatic heterocycles. The van der Waals surface area contributed by atoms with Gasteiger partial charge in [-0.05, 0) is 42.9 Å². The molecule has 0 aromatic carbocycles. The Morgan fingerprint density at radius 3 is 2.57 bits per heavy atom. The van der Waals surface area contributed by atoms with Gasteiger partial charge in [0, 0.05) is 13.7 Å². The van der Waals surface area contributed by atoms with Gasteiger partial charge in [-0.1, -0.05) is 27.2 Å². The SMILES string of the molecule is CCC(C)(C)[C@H]1C[C@@H]1[C@@H](O)[C@H](O)[C@@H](O)[C@@H](OC)C(=O)N[C@H]1CCCCNC1=O. The summed E-state index contributed by atoms with van der Waals surface area (Å²) in [7, 11) is 1.25. The topological polar surface area (TPSA) is 128 Å². The maximum Gasteiger partial charge on any atom is 0.252 e. The summed E-state index contributed by atoms with van der Waals surface area (Å²) in [4.78, 5) is 24.6. The molecule has 2 amide bonds. The highest BCUT2D eigenvalue weighted by molar-refractivity contribution is 5.89. The maximum atomic E-state index is 12.6. The molecule has 2 rings (SSSR count). The van der Waals surface area contributed by atoms with E-state index in [1.807, 2.05) is 0 Å². The fourth-order valence-electron chi connectivity index (χ4n) is 4.12. The van der Waals surface area contributed by atoms with Gasteiger partial charge in [-0.2, -0.15) is 0 Å². The average Bonchev–Trinajstić information content (AvgIpc) is 3.48. The van der Waals surface area contributed by atoms with Crippen LogP contribution in [0.1, 0.15) is 52.9 Å². The van der Waals surface area contributed by atoms with Crippen LogP contribution < -0.4 is 10.6 Å². The van der Waals surface area contributed by atoms with Gasteiger partial charge in [0.15, 0.2) is 6.10 Å². The van der Waals surface area contributed by atoms with Crippen LogP contribution in [0.15, 0.2) is 0 Å². The summed E-state index contributed by atoms with van der Waals surface area (Å²) in [6.45, 7) is 6.90. The number of hydrogen-bond donors (Lipinski definition) is 5. The lowest BCUT2D eigenvalue weighted by molar-refractivity contribution is -0.154. The van der Waals surface area contributed by atoms with Gasteiger partial charge in [0.2, 0.25) is 5.91 Å². The third kappa shape index (κ3) is 5.23.